The fourth-order valence-electron chi connectivity index (χ4n) is 3.25. The molecular formula is C23H22N4OS2. The zero-order valence-electron chi connectivity index (χ0n) is 16.8. The van der Waals surface area contributed by atoms with Crippen LogP contribution in [0.1, 0.15) is 13.8 Å². The second-order valence-corrected chi connectivity index (χ2v) is 8.83. The van der Waals surface area contributed by atoms with Gasteiger partial charge in [-0.15, -0.1) is 21.5 Å². The zero-order chi connectivity index (χ0) is 20.9. The average Bonchev–Trinajstić information content (AvgIpc) is 3.43. The molecule has 5 nitrogen and oxygen atoms in total. The van der Waals surface area contributed by atoms with Gasteiger partial charge in [0.15, 0.2) is 11.0 Å². The van der Waals surface area contributed by atoms with Crippen molar-refractivity contribution in [2.75, 3.05) is 10.7 Å². The Morgan fingerprint density at radius 3 is 2.33 bits per heavy atom. The molecule has 2 aromatic heterocycles. The predicted molar refractivity (Wildman–Crippen MR) is 124 cm³/mol. The summed E-state index contributed by atoms with van der Waals surface area (Å²) in [5.41, 5.74) is 1.88. The van der Waals surface area contributed by atoms with Crippen molar-refractivity contribution in [3.05, 3.63) is 78.2 Å². The third kappa shape index (κ3) is 4.32. The number of thioether (sulfide) groups is 1. The first-order valence-electron chi connectivity index (χ1n) is 9.70. The third-order valence-corrected chi connectivity index (χ3v) is 6.31. The van der Waals surface area contributed by atoms with Gasteiger partial charge >= 0.3 is 0 Å². The first kappa shape index (κ1) is 20.4. The number of anilines is 1. The van der Waals surface area contributed by atoms with Gasteiger partial charge in [0, 0.05) is 17.4 Å². The Morgan fingerprint density at radius 2 is 1.70 bits per heavy atom. The maximum atomic E-state index is 13.1. The van der Waals surface area contributed by atoms with E-state index in [0.29, 0.717) is 5.16 Å². The average molecular weight is 435 g/mol. The van der Waals surface area contributed by atoms with Gasteiger partial charge in [-0.25, -0.2) is 0 Å². The van der Waals surface area contributed by atoms with E-state index >= 15 is 0 Å². The fourth-order valence-corrected chi connectivity index (χ4v) is 4.76. The summed E-state index contributed by atoms with van der Waals surface area (Å²) in [7, 11) is 0. The highest BCUT2D eigenvalue weighted by Gasteiger charge is 2.22. The van der Waals surface area contributed by atoms with Gasteiger partial charge in [-0.2, -0.15) is 0 Å². The molecule has 0 radical (unpaired) electrons. The molecule has 0 aliphatic heterocycles. The summed E-state index contributed by atoms with van der Waals surface area (Å²) < 4.78 is 2.02. The summed E-state index contributed by atoms with van der Waals surface area (Å²) in [4.78, 5) is 16.0. The molecule has 0 fully saturated rings. The second kappa shape index (κ2) is 9.28. The fraction of sp³-hybridized carbons (Fsp3) is 0.174. The van der Waals surface area contributed by atoms with Crippen LogP contribution in [0.4, 0.5) is 5.69 Å². The number of benzene rings is 2. The molecule has 2 heterocycles. The molecule has 0 atom stereocenters. The molecule has 0 unspecified atom stereocenters. The van der Waals surface area contributed by atoms with Crippen LogP contribution in [-0.4, -0.2) is 32.5 Å². The van der Waals surface area contributed by atoms with Crippen LogP contribution in [0.25, 0.3) is 16.4 Å². The summed E-state index contributed by atoms with van der Waals surface area (Å²) in [6.07, 6.45) is 0. The standard InChI is InChI=1S/C23H22N4OS2/c1-17(2)26(18-10-5-3-6-11-18)21(28)16-30-23-25-24-22(20-14-9-15-29-20)27(23)19-12-7-4-8-13-19/h3-15,17H,16H2,1-2H3. The lowest BCUT2D eigenvalue weighted by Crippen LogP contribution is -2.38. The number of rotatable bonds is 7. The van der Waals surface area contributed by atoms with E-state index in [1.54, 1.807) is 11.3 Å². The van der Waals surface area contributed by atoms with E-state index in [-0.39, 0.29) is 17.7 Å². The highest BCUT2D eigenvalue weighted by atomic mass is 32.2. The van der Waals surface area contributed by atoms with Crippen LogP contribution in [0.3, 0.4) is 0 Å². The van der Waals surface area contributed by atoms with Crippen LogP contribution in [0.2, 0.25) is 0 Å². The van der Waals surface area contributed by atoms with Gasteiger partial charge in [0.05, 0.1) is 10.6 Å². The van der Waals surface area contributed by atoms with Crippen LogP contribution < -0.4 is 4.90 Å². The molecule has 0 bridgehead atoms. The van der Waals surface area contributed by atoms with Crippen molar-refractivity contribution in [2.24, 2.45) is 0 Å². The van der Waals surface area contributed by atoms with E-state index < -0.39 is 0 Å². The maximum absolute atomic E-state index is 13.1. The molecule has 0 saturated carbocycles. The number of carbonyl (C=O) groups excluding carboxylic acids is 1. The molecule has 152 valence electrons. The van der Waals surface area contributed by atoms with Crippen molar-refractivity contribution in [1.82, 2.24) is 14.8 Å². The molecule has 4 rings (SSSR count). The van der Waals surface area contributed by atoms with Crippen LogP contribution in [-0.2, 0) is 4.79 Å². The summed E-state index contributed by atoms with van der Waals surface area (Å²) in [5, 5.41) is 11.6. The highest BCUT2D eigenvalue weighted by molar-refractivity contribution is 7.99. The Kier molecular flexibility index (Phi) is 6.30. The Balaban J connectivity index is 1.61. The van der Waals surface area contributed by atoms with Crippen molar-refractivity contribution in [1.29, 1.82) is 0 Å². The smallest absolute Gasteiger partial charge is 0.237 e. The van der Waals surface area contributed by atoms with Gasteiger partial charge in [-0.3, -0.25) is 9.36 Å². The number of para-hydroxylation sites is 2. The molecule has 0 aliphatic rings. The van der Waals surface area contributed by atoms with Crippen molar-refractivity contribution >= 4 is 34.7 Å². The number of nitrogens with zero attached hydrogens (tertiary/aromatic N) is 4. The molecular weight excluding hydrogens is 412 g/mol. The van der Waals surface area contributed by atoms with E-state index in [4.69, 9.17) is 0 Å². The van der Waals surface area contributed by atoms with Crippen LogP contribution in [0.5, 0.6) is 0 Å². The minimum absolute atomic E-state index is 0.0430. The quantitative estimate of drug-likeness (QED) is 0.359. The van der Waals surface area contributed by atoms with Gasteiger partial charge in [0.1, 0.15) is 0 Å². The number of aromatic nitrogens is 3. The van der Waals surface area contributed by atoms with Gasteiger partial charge in [-0.05, 0) is 49.6 Å². The zero-order valence-corrected chi connectivity index (χ0v) is 18.4. The molecule has 0 spiro atoms. The van der Waals surface area contributed by atoms with Gasteiger partial charge < -0.3 is 4.90 Å². The van der Waals surface area contributed by atoms with E-state index in [9.17, 15) is 4.79 Å². The topological polar surface area (TPSA) is 51.0 Å². The van der Waals surface area contributed by atoms with Gasteiger partial charge in [-0.1, -0.05) is 54.2 Å². The molecule has 1 amide bonds. The summed E-state index contributed by atoms with van der Waals surface area (Å²) in [5.74, 6) is 1.11. The third-order valence-electron chi connectivity index (χ3n) is 4.53. The lowest BCUT2D eigenvalue weighted by atomic mass is 10.2. The first-order chi connectivity index (χ1) is 14.6. The molecule has 0 saturated heterocycles. The normalized spacial score (nSPS) is 11.0. The lowest BCUT2D eigenvalue weighted by molar-refractivity contribution is -0.116. The molecule has 0 N–H and O–H groups in total. The predicted octanol–water partition coefficient (Wildman–Crippen LogP) is 5.53. The van der Waals surface area contributed by atoms with Crippen LogP contribution >= 0.6 is 23.1 Å². The monoisotopic (exact) mass is 434 g/mol. The number of hydrogen-bond donors (Lipinski definition) is 0. The summed E-state index contributed by atoms with van der Waals surface area (Å²) >= 11 is 3.03. The van der Waals surface area contributed by atoms with Gasteiger partial charge in [0.2, 0.25) is 5.91 Å². The highest BCUT2D eigenvalue weighted by Crippen LogP contribution is 2.31. The Labute approximate surface area is 184 Å². The number of hydrogen-bond acceptors (Lipinski definition) is 5. The van der Waals surface area contributed by atoms with Crippen molar-refractivity contribution in [3.63, 3.8) is 0 Å². The second-order valence-electron chi connectivity index (χ2n) is 6.94. The van der Waals surface area contributed by atoms with E-state index in [1.807, 2.05) is 101 Å². The van der Waals surface area contributed by atoms with E-state index in [0.717, 1.165) is 22.1 Å². The molecule has 30 heavy (non-hydrogen) atoms. The van der Waals surface area contributed by atoms with Crippen LogP contribution in [0.15, 0.2) is 83.3 Å². The molecule has 0 aliphatic carbocycles. The minimum atomic E-state index is 0.0430. The molecule has 4 aromatic rings. The van der Waals surface area contributed by atoms with Crippen molar-refractivity contribution < 1.29 is 4.79 Å². The molecule has 2 aromatic carbocycles. The SMILES string of the molecule is CC(C)N(C(=O)CSc1nnc(-c2cccs2)n1-c1ccccc1)c1ccccc1. The van der Waals surface area contributed by atoms with Gasteiger partial charge in [0.25, 0.3) is 0 Å². The largest absolute Gasteiger partial charge is 0.309 e. The number of thiophene rings is 1. The van der Waals surface area contributed by atoms with Crippen molar-refractivity contribution in [2.45, 2.75) is 25.0 Å². The van der Waals surface area contributed by atoms with Crippen LogP contribution in [0, 0.1) is 0 Å². The summed E-state index contributed by atoms with van der Waals surface area (Å²) in [6, 6.07) is 23.9. The van der Waals surface area contributed by atoms with Crippen molar-refractivity contribution in [3.8, 4) is 16.4 Å². The lowest BCUT2D eigenvalue weighted by Gasteiger charge is -2.26. The number of amides is 1. The Morgan fingerprint density at radius 1 is 1.00 bits per heavy atom. The van der Waals surface area contributed by atoms with E-state index in [1.165, 1.54) is 11.8 Å². The maximum Gasteiger partial charge on any atom is 0.237 e. The Hall–Kier alpha value is -2.90. The minimum Gasteiger partial charge on any atom is -0.309 e. The summed E-state index contributed by atoms with van der Waals surface area (Å²) in [6.45, 7) is 4.05. The Bertz CT molecular complexity index is 1090. The number of carbonyl (C=O) groups is 1. The molecule has 7 heteroatoms. The van der Waals surface area contributed by atoms with E-state index in [2.05, 4.69) is 10.2 Å². The first-order valence-corrected chi connectivity index (χ1v) is 11.6.